The second-order valence-electron chi connectivity index (χ2n) is 3.69. The maximum absolute atomic E-state index is 11.3. The number of thioether (sulfide) groups is 1. The van der Waals surface area contributed by atoms with Gasteiger partial charge in [0, 0.05) is 11.1 Å². The second-order valence-corrected chi connectivity index (χ2v) is 5.51. The summed E-state index contributed by atoms with van der Waals surface area (Å²) in [6.45, 7) is 0. The first-order valence-corrected chi connectivity index (χ1v) is 7.36. The number of aromatic nitrogens is 5. The number of hydrogen-bond acceptors (Lipinski definition) is 8. The summed E-state index contributed by atoms with van der Waals surface area (Å²) in [5.74, 6) is 5.27. The minimum absolute atomic E-state index is 0.345. The molecule has 0 spiro atoms. The lowest BCUT2D eigenvalue weighted by Gasteiger charge is -1.99. The molecule has 3 aromatic rings. The highest BCUT2D eigenvalue weighted by atomic mass is 32.2. The number of nitrogens with zero attached hydrogens (tertiary/aromatic N) is 4. The van der Waals surface area contributed by atoms with E-state index in [-0.39, 0.29) is 5.91 Å². The number of imidazole rings is 1. The van der Waals surface area contributed by atoms with Crippen molar-refractivity contribution in [2.24, 2.45) is 5.84 Å². The van der Waals surface area contributed by atoms with Crippen LogP contribution in [0.1, 0.15) is 15.5 Å². The molecule has 4 N–H and O–H groups in total. The number of carbonyl (C=O) groups is 1. The number of aromatic amines is 1. The van der Waals surface area contributed by atoms with Crippen LogP contribution in [0.15, 0.2) is 23.1 Å². The molecule has 1 amide bonds. The third-order valence-electron chi connectivity index (χ3n) is 2.42. The van der Waals surface area contributed by atoms with Crippen LogP contribution >= 0.6 is 23.1 Å². The Kier molecular flexibility index (Phi) is 3.58. The molecule has 8 nitrogen and oxygen atoms in total. The highest BCUT2D eigenvalue weighted by molar-refractivity contribution is 7.98. The number of amides is 1. The molecule has 20 heavy (non-hydrogen) atoms. The molecule has 0 aliphatic rings. The number of nitrogen functional groups attached to an aromatic ring is 1. The van der Waals surface area contributed by atoms with E-state index in [1.54, 1.807) is 6.33 Å². The average molecular weight is 307 g/mol. The lowest BCUT2D eigenvalue weighted by atomic mass is 10.5. The first kappa shape index (κ1) is 13.0. The third kappa shape index (κ3) is 2.48. The van der Waals surface area contributed by atoms with E-state index in [0.29, 0.717) is 16.4 Å². The van der Waals surface area contributed by atoms with Crippen LogP contribution in [0.2, 0.25) is 0 Å². The number of H-pyrrole nitrogens is 1. The Labute approximate surface area is 121 Å². The molecule has 0 saturated carbocycles. The number of nitrogens with one attached hydrogen (secondary N) is 2. The molecule has 0 fully saturated rings. The van der Waals surface area contributed by atoms with Gasteiger partial charge in [0.15, 0.2) is 10.7 Å². The molecule has 0 saturated heterocycles. The van der Waals surface area contributed by atoms with E-state index in [0.717, 1.165) is 16.2 Å². The number of hydrazine groups is 1. The molecular formula is C10H9N7OS2. The normalized spacial score (nSPS) is 10.8. The Morgan fingerprint density at radius 1 is 1.45 bits per heavy atom. The monoisotopic (exact) mass is 307 g/mol. The number of rotatable bonds is 4. The van der Waals surface area contributed by atoms with Gasteiger partial charge in [0.2, 0.25) is 0 Å². The molecule has 0 aromatic carbocycles. The number of hydrogen-bond donors (Lipinski definition) is 3. The molecule has 0 radical (unpaired) electrons. The van der Waals surface area contributed by atoms with E-state index in [1.165, 1.54) is 29.4 Å². The predicted molar refractivity (Wildman–Crippen MR) is 75.0 cm³/mol. The third-order valence-corrected chi connectivity index (χ3v) is 4.34. The first-order valence-electron chi connectivity index (χ1n) is 5.50. The number of thiazole rings is 1. The summed E-state index contributed by atoms with van der Waals surface area (Å²) < 4.78 is 0. The van der Waals surface area contributed by atoms with Crippen LogP contribution in [0.4, 0.5) is 0 Å². The SMILES string of the molecule is NNC(=O)c1nc(CSc2ncnc3nc[nH]c23)cs1. The average Bonchev–Trinajstić information content (AvgIpc) is 3.13. The quantitative estimate of drug-likeness (QED) is 0.213. The molecule has 0 atom stereocenters. The maximum Gasteiger partial charge on any atom is 0.294 e. The molecule has 0 aliphatic carbocycles. The van der Waals surface area contributed by atoms with Crippen LogP contribution in [-0.2, 0) is 5.75 Å². The van der Waals surface area contributed by atoms with Gasteiger partial charge in [0.25, 0.3) is 5.91 Å². The van der Waals surface area contributed by atoms with Crippen molar-refractivity contribution in [3.63, 3.8) is 0 Å². The zero-order chi connectivity index (χ0) is 13.9. The van der Waals surface area contributed by atoms with Crippen molar-refractivity contribution in [1.82, 2.24) is 30.3 Å². The second kappa shape index (κ2) is 5.53. The lowest BCUT2D eigenvalue weighted by molar-refractivity contribution is 0.0953. The fraction of sp³-hybridized carbons (Fsp3) is 0.100. The van der Waals surface area contributed by atoms with Crippen LogP contribution in [-0.4, -0.2) is 30.8 Å². The molecule has 3 rings (SSSR count). The summed E-state index contributed by atoms with van der Waals surface area (Å²) in [4.78, 5) is 30.8. The summed E-state index contributed by atoms with van der Waals surface area (Å²) in [5.41, 5.74) is 4.28. The van der Waals surface area contributed by atoms with Crippen LogP contribution in [0.3, 0.4) is 0 Å². The zero-order valence-electron chi connectivity index (χ0n) is 10.0. The van der Waals surface area contributed by atoms with E-state index in [9.17, 15) is 4.79 Å². The summed E-state index contributed by atoms with van der Waals surface area (Å²) >= 11 is 2.75. The van der Waals surface area contributed by atoms with Crippen LogP contribution in [0.25, 0.3) is 11.2 Å². The summed E-state index contributed by atoms with van der Waals surface area (Å²) in [7, 11) is 0. The van der Waals surface area contributed by atoms with E-state index in [1.807, 2.05) is 5.38 Å². The molecular weight excluding hydrogens is 298 g/mol. The Balaban J connectivity index is 1.75. The fourth-order valence-corrected chi connectivity index (χ4v) is 3.21. The van der Waals surface area contributed by atoms with Gasteiger partial charge in [-0.25, -0.2) is 25.8 Å². The molecule has 10 heteroatoms. The van der Waals surface area contributed by atoms with Crippen molar-refractivity contribution in [3.8, 4) is 0 Å². The lowest BCUT2D eigenvalue weighted by Crippen LogP contribution is -2.29. The molecule has 102 valence electrons. The number of fused-ring (bicyclic) bond motifs is 1. The zero-order valence-corrected chi connectivity index (χ0v) is 11.7. The molecule has 0 unspecified atom stereocenters. The predicted octanol–water partition coefficient (Wildman–Crippen LogP) is 0.705. The smallest absolute Gasteiger partial charge is 0.294 e. The van der Waals surface area contributed by atoms with Gasteiger partial charge in [-0.2, -0.15) is 0 Å². The van der Waals surface area contributed by atoms with Crippen LogP contribution < -0.4 is 11.3 Å². The van der Waals surface area contributed by atoms with Crippen LogP contribution in [0, 0.1) is 0 Å². The summed E-state index contributed by atoms with van der Waals surface area (Å²) in [6.07, 6.45) is 3.05. The van der Waals surface area contributed by atoms with Gasteiger partial charge in [-0.15, -0.1) is 11.3 Å². The molecule has 3 heterocycles. The van der Waals surface area contributed by atoms with Crippen molar-refractivity contribution in [3.05, 3.63) is 28.7 Å². The van der Waals surface area contributed by atoms with E-state index < -0.39 is 0 Å². The largest absolute Gasteiger partial charge is 0.341 e. The van der Waals surface area contributed by atoms with Crippen molar-refractivity contribution < 1.29 is 4.79 Å². The van der Waals surface area contributed by atoms with Gasteiger partial charge in [0.1, 0.15) is 16.9 Å². The Morgan fingerprint density at radius 3 is 3.20 bits per heavy atom. The van der Waals surface area contributed by atoms with Crippen LogP contribution in [0.5, 0.6) is 0 Å². The summed E-state index contributed by atoms with van der Waals surface area (Å²) in [5, 5.41) is 2.96. The topological polar surface area (TPSA) is 122 Å². The first-order chi connectivity index (χ1) is 9.78. The minimum atomic E-state index is -0.385. The molecule has 0 aliphatic heterocycles. The Morgan fingerprint density at radius 2 is 2.35 bits per heavy atom. The minimum Gasteiger partial charge on any atom is -0.341 e. The van der Waals surface area contributed by atoms with E-state index in [2.05, 4.69) is 30.3 Å². The summed E-state index contributed by atoms with van der Waals surface area (Å²) in [6, 6.07) is 0. The van der Waals surface area contributed by atoms with Gasteiger partial charge >= 0.3 is 0 Å². The maximum atomic E-state index is 11.3. The molecule has 0 bridgehead atoms. The Hall–Kier alpha value is -2.04. The Bertz CT molecular complexity index is 753. The standard InChI is InChI=1S/C10H9N7OS2/c11-17-8(18)10-16-5(2-20-10)1-19-9-6-7(13-3-12-6)14-4-15-9/h2-4H,1,11H2,(H,17,18)(H,12,13,14,15). The van der Waals surface area contributed by atoms with Crippen molar-refractivity contribution in [1.29, 1.82) is 0 Å². The van der Waals surface area contributed by atoms with Crippen molar-refractivity contribution in [2.75, 3.05) is 0 Å². The van der Waals surface area contributed by atoms with E-state index >= 15 is 0 Å². The van der Waals surface area contributed by atoms with Gasteiger partial charge in [-0.1, -0.05) is 11.8 Å². The van der Waals surface area contributed by atoms with Gasteiger partial charge in [-0.05, 0) is 0 Å². The highest BCUT2D eigenvalue weighted by Crippen LogP contribution is 2.25. The fourth-order valence-electron chi connectivity index (χ4n) is 1.53. The van der Waals surface area contributed by atoms with Crippen molar-refractivity contribution in [2.45, 2.75) is 10.8 Å². The van der Waals surface area contributed by atoms with Gasteiger partial charge in [0.05, 0.1) is 12.0 Å². The van der Waals surface area contributed by atoms with E-state index in [4.69, 9.17) is 5.84 Å². The van der Waals surface area contributed by atoms with Gasteiger partial charge < -0.3 is 4.98 Å². The number of nitrogens with two attached hydrogens (primary N) is 1. The van der Waals surface area contributed by atoms with Crippen molar-refractivity contribution >= 4 is 40.2 Å². The van der Waals surface area contributed by atoms with Gasteiger partial charge in [-0.3, -0.25) is 10.2 Å². The highest BCUT2D eigenvalue weighted by Gasteiger charge is 2.11. The molecule has 3 aromatic heterocycles. The number of carbonyl (C=O) groups excluding carboxylic acids is 1.